The Morgan fingerprint density at radius 2 is 1.50 bits per heavy atom. The van der Waals surface area contributed by atoms with Crippen molar-refractivity contribution in [3.8, 4) is 11.5 Å². The molecule has 3 nitrogen and oxygen atoms in total. The molecule has 0 amide bonds. The highest BCUT2D eigenvalue weighted by molar-refractivity contribution is 5.91. The van der Waals surface area contributed by atoms with Crippen molar-refractivity contribution in [2.45, 2.75) is 90.9 Å². The van der Waals surface area contributed by atoms with E-state index in [2.05, 4.69) is 6.92 Å². The molecule has 0 bridgehead atoms. The van der Waals surface area contributed by atoms with Crippen LogP contribution in [0, 0.1) is 17.7 Å². The molecule has 2 aromatic carbocycles. The summed E-state index contributed by atoms with van der Waals surface area (Å²) in [5.41, 5.74) is 1.06. The third kappa shape index (κ3) is 8.45. The van der Waals surface area contributed by atoms with Gasteiger partial charge < -0.3 is 9.47 Å². The van der Waals surface area contributed by atoms with Gasteiger partial charge in [-0.1, -0.05) is 77.7 Å². The van der Waals surface area contributed by atoms with Gasteiger partial charge in [0.15, 0.2) is 0 Å². The molecule has 0 N–H and O–H groups in total. The Balaban J connectivity index is 1.35. The quantitative estimate of drug-likeness (QED) is 0.168. The summed E-state index contributed by atoms with van der Waals surface area (Å²) >= 11 is 0. The third-order valence-corrected chi connectivity index (χ3v) is 7.05. The summed E-state index contributed by atoms with van der Waals surface area (Å²) in [4.78, 5) is 12.4. The standard InChI is InChI=1S/C30H41FO3/c1-3-5-6-9-23-11-13-24(14-12-23)10-7-21-33-27-18-16-26(17-19-27)30(32)34-28-20-15-25(8-4-2)29(31)22-28/h15-20,22-24H,3-14,21H2,1-2H3/t23-,24-. The first kappa shape index (κ1) is 26.2. The second-order valence-electron chi connectivity index (χ2n) is 9.79. The van der Waals surface area contributed by atoms with E-state index in [9.17, 15) is 9.18 Å². The highest BCUT2D eigenvalue weighted by Gasteiger charge is 2.20. The van der Waals surface area contributed by atoms with Gasteiger partial charge in [-0.3, -0.25) is 0 Å². The number of carbonyl (C=O) groups excluding carboxylic acids is 1. The largest absolute Gasteiger partial charge is 0.494 e. The molecule has 0 aliphatic heterocycles. The number of esters is 1. The maximum absolute atomic E-state index is 14.1. The number of ether oxygens (including phenoxy) is 2. The summed E-state index contributed by atoms with van der Waals surface area (Å²) in [6, 6.07) is 11.6. The summed E-state index contributed by atoms with van der Waals surface area (Å²) in [7, 11) is 0. The Bertz CT molecular complexity index is 869. The summed E-state index contributed by atoms with van der Waals surface area (Å²) < 4.78 is 25.3. The van der Waals surface area contributed by atoms with Crippen molar-refractivity contribution in [1.82, 2.24) is 0 Å². The van der Waals surface area contributed by atoms with Gasteiger partial charge in [0, 0.05) is 6.07 Å². The molecule has 186 valence electrons. The number of hydrogen-bond donors (Lipinski definition) is 0. The topological polar surface area (TPSA) is 35.5 Å². The van der Waals surface area contributed by atoms with Crippen molar-refractivity contribution in [3.63, 3.8) is 0 Å². The molecule has 0 saturated heterocycles. The molecule has 0 aromatic heterocycles. The maximum atomic E-state index is 14.1. The van der Waals surface area contributed by atoms with Crippen molar-refractivity contribution < 1.29 is 18.7 Å². The minimum atomic E-state index is -0.500. The molecular weight excluding hydrogens is 427 g/mol. The maximum Gasteiger partial charge on any atom is 0.343 e. The van der Waals surface area contributed by atoms with E-state index in [1.807, 2.05) is 6.92 Å². The fourth-order valence-electron chi connectivity index (χ4n) is 4.97. The van der Waals surface area contributed by atoms with Crippen LogP contribution in [-0.2, 0) is 6.42 Å². The molecule has 1 aliphatic carbocycles. The minimum Gasteiger partial charge on any atom is -0.494 e. The molecule has 0 spiro atoms. The van der Waals surface area contributed by atoms with E-state index in [4.69, 9.17) is 9.47 Å². The van der Waals surface area contributed by atoms with Gasteiger partial charge in [0.25, 0.3) is 0 Å². The number of carbonyl (C=O) groups is 1. The van der Waals surface area contributed by atoms with E-state index < -0.39 is 5.97 Å². The molecule has 0 atom stereocenters. The zero-order chi connectivity index (χ0) is 24.2. The fourth-order valence-corrected chi connectivity index (χ4v) is 4.97. The zero-order valence-corrected chi connectivity index (χ0v) is 21.0. The van der Waals surface area contributed by atoms with Crippen LogP contribution in [0.3, 0.4) is 0 Å². The normalized spacial score (nSPS) is 18.0. The Labute approximate surface area is 205 Å². The SMILES string of the molecule is CCCCC[C@H]1CC[C@H](CCCOc2ccc(C(=O)Oc3ccc(CCC)c(F)c3)cc2)CC1. The van der Waals surface area contributed by atoms with E-state index in [0.29, 0.717) is 24.2 Å². The number of benzene rings is 2. The molecule has 34 heavy (non-hydrogen) atoms. The molecule has 3 rings (SSSR count). The molecule has 2 aromatic rings. The van der Waals surface area contributed by atoms with Gasteiger partial charge in [-0.15, -0.1) is 0 Å². The van der Waals surface area contributed by atoms with Gasteiger partial charge >= 0.3 is 5.97 Å². The third-order valence-electron chi connectivity index (χ3n) is 7.05. The second-order valence-corrected chi connectivity index (χ2v) is 9.79. The molecule has 0 heterocycles. The van der Waals surface area contributed by atoms with Gasteiger partial charge in [-0.2, -0.15) is 0 Å². The van der Waals surface area contributed by atoms with Crippen LogP contribution >= 0.6 is 0 Å². The number of halogens is 1. The van der Waals surface area contributed by atoms with Gasteiger partial charge in [0.2, 0.25) is 0 Å². The van der Waals surface area contributed by atoms with Crippen LogP contribution in [0.5, 0.6) is 11.5 Å². The highest BCUT2D eigenvalue weighted by Crippen LogP contribution is 2.34. The Hall–Kier alpha value is -2.36. The molecule has 1 fully saturated rings. The zero-order valence-electron chi connectivity index (χ0n) is 21.0. The Morgan fingerprint density at radius 1 is 0.853 bits per heavy atom. The van der Waals surface area contributed by atoms with Gasteiger partial charge in [0.1, 0.15) is 17.3 Å². The van der Waals surface area contributed by atoms with Crippen LogP contribution in [0.1, 0.15) is 100 Å². The van der Waals surface area contributed by atoms with Crippen LogP contribution < -0.4 is 9.47 Å². The molecule has 1 aliphatic rings. The van der Waals surface area contributed by atoms with E-state index in [1.54, 1.807) is 36.4 Å². The number of hydrogen-bond acceptors (Lipinski definition) is 3. The predicted octanol–water partition coefficient (Wildman–Crippen LogP) is 8.54. The van der Waals surface area contributed by atoms with Crippen LogP contribution in [0.2, 0.25) is 0 Å². The summed E-state index contributed by atoms with van der Waals surface area (Å²) in [6.07, 6.45) is 14.9. The van der Waals surface area contributed by atoms with Crippen molar-refractivity contribution in [2.24, 2.45) is 11.8 Å². The number of unbranched alkanes of at least 4 members (excludes halogenated alkanes) is 2. The molecular formula is C30H41FO3. The first-order chi connectivity index (χ1) is 16.6. The van der Waals surface area contributed by atoms with Crippen molar-refractivity contribution in [2.75, 3.05) is 6.61 Å². The van der Waals surface area contributed by atoms with Gasteiger partial charge in [-0.25, -0.2) is 9.18 Å². The highest BCUT2D eigenvalue weighted by atomic mass is 19.1. The Morgan fingerprint density at radius 3 is 2.12 bits per heavy atom. The second kappa shape index (κ2) is 14.1. The lowest BCUT2D eigenvalue weighted by Crippen LogP contribution is -2.15. The minimum absolute atomic E-state index is 0.220. The number of rotatable bonds is 13. The van der Waals surface area contributed by atoms with E-state index in [-0.39, 0.29) is 11.6 Å². The average Bonchev–Trinajstić information content (AvgIpc) is 2.85. The lowest BCUT2D eigenvalue weighted by molar-refractivity contribution is 0.0734. The molecule has 4 heteroatoms. The van der Waals surface area contributed by atoms with Crippen LogP contribution in [0.4, 0.5) is 4.39 Å². The average molecular weight is 469 g/mol. The first-order valence-corrected chi connectivity index (χ1v) is 13.3. The van der Waals surface area contributed by atoms with Gasteiger partial charge in [-0.05, 0) is 67.0 Å². The molecule has 0 radical (unpaired) electrons. The molecule has 1 saturated carbocycles. The van der Waals surface area contributed by atoms with Crippen molar-refractivity contribution in [3.05, 3.63) is 59.4 Å². The lowest BCUT2D eigenvalue weighted by Gasteiger charge is -2.28. The van der Waals surface area contributed by atoms with Crippen LogP contribution in [0.15, 0.2) is 42.5 Å². The summed E-state index contributed by atoms with van der Waals surface area (Å²) in [5.74, 6) is 1.95. The summed E-state index contributed by atoms with van der Waals surface area (Å²) in [6.45, 7) is 4.98. The Kier molecular flexibility index (Phi) is 10.9. The van der Waals surface area contributed by atoms with Crippen LogP contribution in [0.25, 0.3) is 0 Å². The smallest absolute Gasteiger partial charge is 0.343 e. The van der Waals surface area contributed by atoms with Crippen LogP contribution in [-0.4, -0.2) is 12.6 Å². The van der Waals surface area contributed by atoms with E-state index in [1.165, 1.54) is 63.9 Å². The van der Waals surface area contributed by atoms with Gasteiger partial charge in [0.05, 0.1) is 12.2 Å². The molecule has 0 unspecified atom stereocenters. The summed E-state index contributed by atoms with van der Waals surface area (Å²) in [5, 5.41) is 0. The first-order valence-electron chi connectivity index (χ1n) is 13.3. The van der Waals surface area contributed by atoms with Crippen molar-refractivity contribution in [1.29, 1.82) is 0 Å². The number of aryl methyl sites for hydroxylation is 1. The monoisotopic (exact) mass is 468 g/mol. The fraction of sp³-hybridized carbons (Fsp3) is 0.567. The van der Waals surface area contributed by atoms with E-state index >= 15 is 0 Å². The van der Waals surface area contributed by atoms with Crippen molar-refractivity contribution >= 4 is 5.97 Å². The predicted molar refractivity (Wildman–Crippen MR) is 136 cm³/mol. The lowest BCUT2D eigenvalue weighted by atomic mass is 9.78. The van der Waals surface area contributed by atoms with E-state index in [0.717, 1.165) is 30.4 Å².